The number of hydrogen-bond acceptors (Lipinski definition) is 2. The molecule has 0 spiro atoms. The molecule has 0 aliphatic carbocycles. The van der Waals surface area contributed by atoms with Crippen LogP contribution in [0.15, 0.2) is 54.7 Å². The Balaban J connectivity index is 1.88. The number of thiocarbonyl (C=S) groups is 1. The maximum Gasteiger partial charge on any atom is 0.170 e. The zero-order chi connectivity index (χ0) is 20.7. The van der Waals surface area contributed by atoms with Crippen LogP contribution in [0.1, 0.15) is 48.6 Å². The Hall–Kier alpha value is -2.37. The third kappa shape index (κ3) is 3.43. The molecule has 0 bridgehead atoms. The largest absolute Gasteiger partial charge is 0.352 e. The summed E-state index contributed by atoms with van der Waals surface area (Å²) >= 11 is 12.3. The van der Waals surface area contributed by atoms with Gasteiger partial charge < -0.3 is 14.8 Å². The van der Waals surface area contributed by atoms with Gasteiger partial charge in [0.05, 0.1) is 28.5 Å². The number of para-hydroxylation sites is 1. The first-order valence-corrected chi connectivity index (χ1v) is 10.6. The van der Waals surface area contributed by atoms with E-state index in [-0.39, 0.29) is 18.1 Å². The van der Waals surface area contributed by atoms with E-state index in [4.69, 9.17) is 23.8 Å². The van der Waals surface area contributed by atoms with Crippen molar-refractivity contribution in [1.29, 1.82) is 0 Å². The van der Waals surface area contributed by atoms with E-state index in [1.165, 1.54) is 11.3 Å². The van der Waals surface area contributed by atoms with E-state index >= 15 is 0 Å². The predicted octanol–water partition coefficient (Wildman–Crippen LogP) is 5.52. The maximum atomic E-state index is 6.52. The molecule has 3 heterocycles. The van der Waals surface area contributed by atoms with Crippen molar-refractivity contribution < 1.29 is 0 Å². The molecule has 1 fully saturated rings. The Morgan fingerprint density at radius 1 is 1.10 bits per heavy atom. The first-order valence-electron chi connectivity index (χ1n) is 9.83. The lowest BCUT2D eigenvalue weighted by molar-refractivity contribution is 0.269. The Kier molecular flexibility index (Phi) is 5.36. The maximum absolute atomic E-state index is 6.52. The van der Waals surface area contributed by atoms with E-state index in [0.717, 1.165) is 27.2 Å². The van der Waals surface area contributed by atoms with Crippen molar-refractivity contribution in [3.05, 3.63) is 82.4 Å². The molecule has 4 rings (SSSR count). The molecular formula is C23H25ClN4S. The van der Waals surface area contributed by atoms with Crippen molar-refractivity contribution in [3.8, 4) is 5.69 Å². The number of pyridine rings is 1. The summed E-state index contributed by atoms with van der Waals surface area (Å²) in [6.07, 6.45) is 1.84. The van der Waals surface area contributed by atoms with E-state index < -0.39 is 0 Å². The highest BCUT2D eigenvalue weighted by atomic mass is 35.5. The molecule has 2 atom stereocenters. The molecular weight excluding hydrogens is 400 g/mol. The van der Waals surface area contributed by atoms with Crippen LogP contribution in [0.3, 0.4) is 0 Å². The molecule has 29 heavy (non-hydrogen) atoms. The summed E-state index contributed by atoms with van der Waals surface area (Å²) in [7, 11) is 0. The number of rotatable bonds is 4. The Morgan fingerprint density at radius 3 is 2.48 bits per heavy atom. The number of nitrogens with one attached hydrogen (secondary N) is 1. The highest BCUT2D eigenvalue weighted by Crippen LogP contribution is 2.42. The lowest BCUT2D eigenvalue weighted by Gasteiger charge is -2.31. The van der Waals surface area contributed by atoms with Gasteiger partial charge in [-0.3, -0.25) is 4.98 Å². The second-order valence-corrected chi connectivity index (χ2v) is 8.53. The van der Waals surface area contributed by atoms with Gasteiger partial charge in [-0.15, -0.1) is 0 Å². The van der Waals surface area contributed by atoms with Crippen LogP contribution in [0.2, 0.25) is 5.02 Å². The molecule has 150 valence electrons. The highest BCUT2D eigenvalue weighted by molar-refractivity contribution is 7.80. The Morgan fingerprint density at radius 2 is 1.83 bits per heavy atom. The molecule has 2 aromatic heterocycles. The van der Waals surface area contributed by atoms with Crippen LogP contribution < -0.4 is 5.32 Å². The van der Waals surface area contributed by atoms with Crippen molar-refractivity contribution in [3.63, 3.8) is 0 Å². The number of aryl methyl sites for hydroxylation is 1. The Bertz CT molecular complexity index is 1040. The minimum absolute atomic E-state index is 0.00806. The van der Waals surface area contributed by atoms with Crippen molar-refractivity contribution in [2.24, 2.45) is 0 Å². The molecule has 1 N–H and O–H groups in total. The number of benzene rings is 1. The summed E-state index contributed by atoms with van der Waals surface area (Å²) in [5.74, 6) is 0. The lowest BCUT2D eigenvalue weighted by Crippen LogP contribution is -2.35. The first kappa shape index (κ1) is 19.9. The van der Waals surface area contributed by atoms with Gasteiger partial charge in [-0.05, 0) is 75.8 Å². The minimum atomic E-state index is -0.00806. The quantitative estimate of drug-likeness (QED) is 0.558. The van der Waals surface area contributed by atoms with Crippen molar-refractivity contribution in [2.75, 3.05) is 0 Å². The van der Waals surface area contributed by atoms with Gasteiger partial charge in [0.15, 0.2) is 5.11 Å². The predicted molar refractivity (Wildman–Crippen MR) is 123 cm³/mol. The normalized spacial score (nSPS) is 19.1. The Labute approximate surface area is 182 Å². The minimum Gasteiger partial charge on any atom is -0.352 e. The third-order valence-corrected chi connectivity index (χ3v) is 6.22. The average molecular weight is 425 g/mol. The van der Waals surface area contributed by atoms with E-state index in [1.807, 2.05) is 36.5 Å². The van der Waals surface area contributed by atoms with Crippen LogP contribution in [0.5, 0.6) is 0 Å². The van der Waals surface area contributed by atoms with Crippen LogP contribution in [0.25, 0.3) is 5.69 Å². The van der Waals surface area contributed by atoms with Gasteiger partial charge in [0.25, 0.3) is 0 Å². The summed E-state index contributed by atoms with van der Waals surface area (Å²) in [4.78, 5) is 6.90. The van der Waals surface area contributed by atoms with E-state index in [1.54, 1.807) is 0 Å². The fourth-order valence-corrected chi connectivity index (χ4v) is 5.02. The summed E-state index contributed by atoms with van der Waals surface area (Å²) in [5.41, 5.74) is 5.53. The van der Waals surface area contributed by atoms with Gasteiger partial charge >= 0.3 is 0 Å². The van der Waals surface area contributed by atoms with Gasteiger partial charge in [0, 0.05) is 23.6 Å². The fraction of sp³-hybridized carbons (Fsp3) is 0.304. The lowest BCUT2D eigenvalue weighted by atomic mass is 9.96. The molecule has 1 aliphatic rings. The number of hydrogen-bond donors (Lipinski definition) is 1. The molecule has 1 aromatic carbocycles. The molecule has 0 unspecified atom stereocenters. The van der Waals surface area contributed by atoms with Gasteiger partial charge in [-0.2, -0.15) is 0 Å². The van der Waals surface area contributed by atoms with Gasteiger partial charge in [-0.25, -0.2) is 0 Å². The third-order valence-electron chi connectivity index (χ3n) is 5.57. The second-order valence-electron chi connectivity index (χ2n) is 7.74. The van der Waals surface area contributed by atoms with E-state index in [0.29, 0.717) is 0 Å². The summed E-state index contributed by atoms with van der Waals surface area (Å²) < 4.78 is 2.23. The van der Waals surface area contributed by atoms with E-state index in [2.05, 4.69) is 65.7 Å². The van der Waals surface area contributed by atoms with Crippen molar-refractivity contribution >= 4 is 28.9 Å². The average Bonchev–Trinajstić information content (AvgIpc) is 3.19. The fourth-order valence-electron chi connectivity index (χ4n) is 4.34. The first-order chi connectivity index (χ1) is 13.9. The molecule has 4 nitrogen and oxygen atoms in total. The van der Waals surface area contributed by atoms with Crippen LogP contribution in [0, 0.1) is 13.8 Å². The highest BCUT2D eigenvalue weighted by Gasteiger charge is 2.42. The zero-order valence-corrected chi connectivity index (χ0v) is 18.6. The summed E-state index contributed by atoms with van der Waals surface area (Å²) in [5, 5.41) is 5.02. The van der Waals surface area contributed by atoms with Crippen molar-refractivity contribution in [1.82, 2.24) is 19.8 Å². The van der Waals surface area contributed by atoms with Crippen LogP contribution in [0.4, 0.5) is 0 Å². The molecule has 0 saturated carbocycles. The number of aromatic nitrogens is 2. The second kappa shape index (κ2) is 7.81. The smallest absolute Gasteiger partial charge is 0.170 e. The van der Waals surface area contributed by atoms with Gasteiger partial charge in [0.1, 0.15) is 0 Å². The summed E-state index contributed by atoms with van der Waals surface area (Å²) in [6.45, 7) is 8.63. The van der Waals surface area contributed by atoms with Gasteiger partial charge in [0.2, 0.25) is 0 Å². The summed E-state index contributed by atoms with van der Waals surface area (Å²) in [6, 6.07) is 16.5. The monoisotopic (exact) mass is 424 g/mol. The molecule has 1 aliphatic heterocycles. The van der Waals surface area contributed by atoms with E-state index in [9.17, 15) is 0 Å². The number of nitrogens with zero attached hydrogens (tertiary/aromatic N) is 3. The molecule has 6 heteroatoms. The standard InChI is InChI=1S/C23H25ClN4S/c1-14(2)27-22(21(26-23(27)29)19-10-7-8-12-25-19)17-13-15(3)28(16(17)4)20-11-6-5-9-18(20)24/h5-14,21-22H,1-4H3,(H,26,29)/t21-,22-/m1/s1. The van der Waals surface area contributed by atoms with Crippen LogP contribution >= 0.6 is 23.8 Å². The molecule has 3 aromatic rings. The molecule has 0 amide bonds. The van der Waals surface area contributed by atoms with Crippen molar-refractivity contribution in [2.45, 2.75) is 45.8 Å². The van der Waals surface area contributed by atoms with Crippen LogP contribution in [-0.2, 0) is 0 Å². The molecule has 0 radical (unpaired) electrons. The zero-order valence-electron chi connectivity index (χ0n) is 17.1. The van der Waals surface area contributed by atoms with Crippen LogP contribution in [-0.4, -0.2) is 25.6 Å². The topological polar surface area (TPSA) is 33.1 Å². The number of halogens is 1. The SMILES string of the molecule is Cc1cc([C@@H]2[C@@H](c3ccccn3)NC(=S)N2C(C)C)c(C)n1-c1ccccc1Cl. The molecule has 1 saturated heterocycles. The van der Waals surface area contributed by atoms with Gasteiger partial charge in [-0.1, -0.05) is 29.8 Å².